The van der Waals surface area contributed by atoms with Crippen LogP contribution in [0.15, 0.2) is 97.1 Å². The normalized spacial score (nSPS) is 13.9. The fourth-order valence-corrected chi connectivity index (χ4v) is 6.10. The number of unbranched alkanes of at least 4 members (excludes halogenated alkanes) is 1. The molecule has 7 heteroatoms. The van der Waals surface area contributed by atoms with Crippen molar-refractivity contribution in [2.24, 2.45) is 0 Å². The Morgan fingerprint density at radius 3 is 1.82 bits per heavy atom. The smallest absolute Gasteiger partial charge is 0.231 e. The second kappa shape index (κ2) is 12.5. The Kier molecular flexibility index (Phi) is 7.95. The Hall–Kier alpha value is -4.75. The number of fused-ring (bicyclic) bond motifs is 2. The summed E-state index contributed by atoms with van der Waals surface area (Å²) in [6, 6.07) is 33.6. The Morgan fingerprint density at radius 2 is 1.25 bits per heavy atom. The summed E-state index contributed by atoms with van der Waals surface area (Å²) in [6.45, 7) is 7.37. The van der Waals surface area contributed by atoms with E-state index in [1.165, 1.54) is 5.69 Å². The molecule has 0 N–H and O–H groups in total. The summed E-state index contributed by atoms with van der Waals surface area (Å²) in [4.78, 5) is 7.89. The van der Waals surface area contributed by atoms with E-state index in [2.05, 4.69) is 108 Å². The first-order valence-electron chi connectivity index (χ1n) is 15.4. The number of hydrogen-bond donors (Lipinski definition) is 0. The maximum absolute atomic E-state index is 5.74. The standard InChI is InChI=1S/C37H37N3O4/c1-3-4-19-40-36(35(29-11-7-5-8-12-29)38-37(40)30-13-9-6-10-14-30)26(2)39(22-27-15-17-31-33(20-27)43-24-41-31)23-28-16-18-32-34(21-28)44-25-42-32/h5-18,20-21,26H,3-4,19,22-25H2,1-2H3/t26-/m0/s1. The molecule has 0 spiro atoms. The van der Waals surface area contributed by atoms with Crippen molar-refractivity contribution < 1.29 is 18.9 Å². The van der Waals surface area contributed by atoms with Crippen LogP contribution in [0.3, 0.4) is 0 Å². The van der Waals surface area contributed by atoms with Crippen LogP contribution in [0.1, 0.15) is 49.6 Å². The number of nitrogens with zero attached hydrogens (tertiary/aromatic N) is 3. The van der Waals surface area contributed by atoms with Gasteiger partial charge in [0.2, 0.25) is 13.6 Å². The molecule has 1 atom stereocenters. The summed E-state index contributed by atoms with van der Waals surface area (Å²) in [5, 5.41) is 0. The molecule has 4 aromatic carbocycles. The van der Waals surface area contributed by atoms with Crippen molar-refractivity contribution in [3.63, 3.8) is 0 Å². The lowest BCUT2D eigenvalue weighted by molar-refractivity contribution is 0.173. The summed E-state index contributed by atoms with van der Waals surface area (Å²) in [7, 11) is 0. The van der Waals surface area contributed by atoms with E-state index in [9.17, 15) is 0 Å². The summed E-state index contributed by atoms with van der Waals surface area (Å²) >= 11 is 0. The van der Waals surface area contributed by atoms with E-state index in [4.69, 9.17) is 23.9 Å². The molecular weight excluding hydrogens is 550 g/mol. The molecule has 2 aliphatic rings. The first-order chi connectivity index (χ1) is 21.7. The van der Waals surface area contributed by atoms with E-state index in [1.807, 2.05) is 12.1 Å². The van der Waals surface area contributed by atoms with Gasteiger partial charge in [-0.15, -0.1) is 0 Å². The summed E-state index contributed by atoms with van der Waals surface area (Å²) in [6.07, 6.45) is 2.16. The van der Waals surface area contributed by atoms with Crippen molar-refractivity contribution in [1.82, 2.24) is 14.5 Å². The van der Waals surface area contributed by atoms with Gasteiger partial charge in [-0.05, 0) is 48.7 Å². The molecule has 0 radical (unpaired) electrons. The van der Waals surface area contributed by atoms with Gasteiger partial charge < -0.3 is 23.5 Å². The number of benzene rings is 4. The van der Waals surface area contributed by atoms with Gasteiger partial charge in [0.05, 0.1) is 17.4 Å². The lowest BCUT2D eigenvalue weighted by Gasteiger charge is -2.31. The van der Waals surface area contributed by atoms with Gasteiger partial charge in [-0.2, -0.15) is 0 Å². The molecule has 7 rings (SSSR count). The van der Waals surface area contributed by atoms with Crippen LogP contribution in [0, 0.1) is 0 Å². The summed E-state index contributed by atoms with van der Waals surface area (Å²) in [5.74, 6) is 4.18. The van der Waals surface area contributed by atoms with Gasteiger partial charge in [-0.25, -0.2) is 4.98 Å². The highest BCUT2D eigenvalue weighted by Crippen LogP contribution is 2.39. The molecule has 0 aliphatic carbocycles. The molecular formula is C37H37N3O4. The lowest BCUT2D eigenvalue weighted by atomic mass is 10.0. The predicted octanol–water partition coefficient (Wildman–Crippen LogP) is 8.24. The van der Waals surface area contributed by atoms with Gasteiger partial charge in [-0.3, -0.25) is 4.90 Å². The number of imidazole rings is 1. The van der Waals surface area contributed by atoms with E-state index < -0.39 is 0 Å². The maximum Gasteiger partial charge on any atom is 0.231 e. The molecule has 0 fully saturated rings. The molecule has 3 heterocycles. The van der Waals surface area contributed by atoms with Crippen LogP contribution in [0.2, 0.25) is 0 Å². The lowest BCUT2D eigenvalue weighted by Crippen LogP contribution is -2.28. The van der Waals surface area contributed by atoms with Crippen LogP contribution >= 0.6 is 0 Å². The third kappa shape index (κ3) is 5.63. The Labute approximate surface area is 258 Å². The van der Waals surface area contributed by atoms with Crippen molar-refractivity contribution in [1.29, 1.82) is 0 Å². The van der Waals surface area contributed by atoms with Gasteiger partial charge >= 0.3 is 0 Å². The van der Waals surface area contributed by atoms with Crippen LogP contribution in [-0.2, 0) is 19.6 Å². The SMILES string of the molecule is CCCCn1c(-c2ccccc2)nc(-c2ccccc2)c1[C@H](C)N(Cc1ccc2c(c1)OCO2)Cc1ccc2c(c1)OCO2. The summed E-state index contributed by atoms with van der Waals surface area (Å²) in [5.41, 5.74) is 6.79. The highest BCUT2D eigenvalue weighted by atomic mass is 16.7. The molecule has 0 saturated heterocycles. The van der Waals surface area contributed by atoms with Gasteiger partial charge in [-0.1, -0.05) is 86.1 Å². The zero-order valence-corrected chi connectivity index (χ0v) is 25.2. The summed E-state index contributed by atoms with van der Waals surface area (Å²) < 4.78 is 25.1. The molecule has 2 aliphatic heterocycles. The number of ether oxygens (including phenoxy) is 4. The molecule has 44 heavy (non-hydrogen) atoms. The quantitative estimate of drug-likeness (QED) is 0.155. The minimum Gasteiger partial charge on any atom is -0.454 e. The molecule has 0 amide bonds. The minimum atomic E-state index is 0.0165. The van der Waals surface area contributed by atoms with Crippen LogP contribution in [0.4, 0.5) is 0 Å². The van der Waals surface area contributed by atoms with E-state index >= 15 is 0 Å². The van der Waals surface area contributed by atoms with Crippen molar-refractivity contribution in [2.45, 2.75) is 52.4 Å². The third-order valence-corrected chi connectivity index (χ3v) is 8.41. The van der Waals surface area contributed by atoms with Crippen LogP contribution in [0.5, 0.6) is 23.0 Å². The largest absolute Gasteiger partial charge is 0.454 e. The minimum absolute atomic E-state index is 0.0165. The van der Waals surface area contributed by atoms with Crippen molar-refractivity contribution in [3.8, 4) is 45.6 Å². The molecule has 0 saturated carbocycles. The highest BCUT2D eigenvalue weighted by Gasteiger charge is 2.29. The topological polar surface area (TPSA) is 58.0 Å². The molecule has 7 nitrogen and oxygen atoms in total. The zero-order valence-electron chi connectivity index (χ0n) is 25.2. The highest BCUT2D eigenvalue weighted by molar-refractivity contribution is 5.69. The number of aromatic nitrogens is 2. The first kappa shape index (κ1) is 28.0. The van der Waals surface area contributed by atoms with E-state index in [1.54, 1.807) is 0 Å². The fourth-order valence-electron chi connectivity index (χ4n) is 6.10. The Morgan fingerprint density at radius 1 is 0.705 bits per heavy atom. The van der Waals surface area contributed by atoms with Gasteiger partial charge in [0.1, 0.15) is 5.82 Å². The maximum atomic E-state index is 5.74. The second-order valence-electron chi connectivity index (χ2n) is 11.4. The van der Waals surface area contributed by atoms with E-state index in [0.717, 1.165) is 76.2 Å². The van der Waals surface area contributed by atoms with Crippen molar-refractivity contribution in [2.75, 3.05) is 13.6 Å². The first-order valence-corrected chi connectivity index (χ1v) is 15.4. The van der Waals surface area contributed by atoms with E-state index in [0.29, 0.717) is 13.1 Å². The molecule has 5 aromatic rings. The van der Waals surface area contributed by atoms with Crippen LogP contribution in [0.25, 0.3) is 22.6 Å². The Balaban J connectivity index is 1.35. The Bertz CT molecular complexity index is 1680. The van der Waals surface area contributed by atoms with Crippen LogP contribution < -0.4 is 18.9 Å². The van der Waals surface area contributed by atoms with Gasteiger partial charge in [0, 0.05) is 30.8 Å². The zero-order chi connectivity index (χ0) is 29.9. The number of hydrogen-bond acceptors (Lipinski definition) is 6. The van der Waals surface area contributed by atoms with Crippen molar-refractivity contribution >= 4 is 0 Å². The predicted molar refractivity (Wildman–Crippen MR) is 171 cm³/mol. The number of rotatable bonds is 11. The van der Waals surface area contributed by atoms with E-state index in [-0.39, 0.29) is 19.6 Å². The van der Waals surface area contributed by atoms with Crippen LogP contribution in [-0.4, -0.2) is 28.0 Å². The fraction of sp³-hybridized carbons (Fsp3) is 0.270. The average molecular weight is 588 g/mol. The van der Waals surface area contributed by atoms with Gasteiger partial charge in [0.15, 0.2) is 23.0 Å². The van der Waals surface area contributed by atoms with Crippen molar-refractivity contribution in [3.05, 3.63) is 114 Å². The average Bonchev–Trinajstić information content (AvgIpc) is 3.82. The molecule has 224 valence electrons. The molecule has 0 bridgehead atoms. The third-order valence-electron chi connectivity index (χ3n) is 8.41. The monoisotopic (exact) mass is 587 g/mol. The molecule has 0 unspecified atom stereocenters. The second-order valence-corrected chi connectivity index (χ2v) is 11.4. The molecule has 1 aromatic heterocycles. The van der Waals surface area contributed by atoms with Gasteiger partial charge in [0.25, 0.3) is 0 Å².